The Kier molecular flexibility index (Phi) is 4.09. The van der Waals surface area contributed by atoms with Gasteiger partial charge in [-0.1, -0.05) is 0 Å². The number of ether oxygens (including phenoxy) is 1. The molecule has 0 aliphatic heterocycles. The van der Waals surface area contributed by atoms with Crippen LogP contribution in [0.15, 0.2) is 0 Å². The van der Waals surface area contributed by atoms with E-state index in [-0.39, 0.29) is 0 Å². The van der Waals surface area contributed by atoms with Crippen molar-refractivity contribution >= 4 is 18.2 Å². The van der Waals surface area contributed by atoms with E-state index in [9.17, 15) is 0 Å². The highest BCUT2D eigenvalue weighted by Gasteiger charge is 2.09. The van der Waals surface area contributed by atoms with Crippen LogP contribution in [0.3, 0.4) is 0 Å². The molecule has 1 N–H and O–H groups in total. The van der Waals surface area contributed by atoms with Crippen molar-refractivity contribution in [3.63, 3.8) is 0 Å². The molecule has 1 aromatic heterocycles. The van der Waals surface area contributed by atoms with Crippen LogP contribution in [0.4, 0.5) is 5.95 Å². The molecule has 1 heterocycles. The van der Waals surface area contributed by atoms with Gasteiger partial charge in [-0.3, -0.25) is 4.57 Å². The summed E-state index contributed by atoms with van der Waals surface area (Å²) >= 11 is 5.04. The Labute approximate surface area is 88.7 Å². The number of hydrogen-bond acceptors (Lipinski definition) is 4. The number of nitrogens with zero attached hydrogens (tertiary/aromatic N) is 3. The van der Waals surface area contributed by atoms with E-state index < -0.39 is 0 Å². The predicted octanol–water partition coefficient (Wildman–Crippen LogP) is 0.950. The van der Waals surface area contributed by atoms with Gasteiger partial charge >= 0.3 is 0 Å². The standard InChI is InChI=1S/C8H16N4OS/c1-4-12(5-6-13-3)7-9-10-8(14)11(7)2/h4-6H2,1-3H3,(H,10,14). The normalized spacial score (nSPS) is 10.5. The molecule has 0 aliphatic rings. The van der Waals surface area contributed by atoms with Gasteiger partial charge in [0.2, 0.25) is 5.95 Å². The summed E-state index contributed by atoms with van der Waals surface area (Å²) in [5.41, 5.74) is 0. The minimum atomic E-state index is 0.635. The van der Waals surface area contributed by atoms with Crippen LogP contribution in [0, 0.1) is 4.77 Å². The number of likely N-dealkylation sites (N-methyl/N-ethyl adjacent to an activating group) is 1. The van der Waals surface area contributed by atoms with Crippen LogP contribution in [-0.4, -0.2) is 41.6 Å². The fraction of sp³-hybridized carbons (Fsp3) is 0.750. The van der Waals surface area contributed by atoms with Crippen LogP contribution in [-0.2, 0) is 11.8 Å². The molecule has 80 valence electrons. The van der Waals surface area contributed by atoms with E-state index in [2.05, 4.69) is 22.0 Å². The van der Waals surface area contributed by atoms with Crippen molar-refractivity contribution in [1.29, 1.82) is 0 Å². The van der Waals surface area contributed by atoms with Gasteiger partial charge in [0.25, 0.3) is 0 Å². The molecule has 1 aromatic rings. The van der Waals surface area contributed by atoms with E-state index in [1.807, 2.05) is 11.6 Å². The lowest BCUT2D eigenvalue weighted by Gasteiger charge is -2.20. The number of aromatic amines is 1. The number of rotatable bonds is 5. The molecule has 0 saturated heterocycles. The van der Waals surface area contributed by atoms with E-state index in [1.54, 1.807) is 7.11 Å². The third-order valence-corrected chi connectivity index (χ3v) is 2.45. The Morgan fingerprint density at radius 2 is 2.36 bits per heavy atom. The van der Waals surface area contributed by atoms with Crippen LogP contribution >= 0.6 is 12.2 Å². The molecule has 0 aromatic carbocycles. The van der Waals surface area contributed by atoms with Gasteiger partial charge in [-0.2, -0.15) is 0 Å². The average molecular weight is 216 g/mol. The second-order valence-electron chi connectivity index (χ2n) is 2.96. The highest BCUT2D eigenvalue weighted by Crippen LogP contribution is 2.08. The van der Waals surface area contributed by atoms with Gasteiger partial charge in [-0.15, -0.1) is 5.10 Å². The van der Waals surface area contributed by atoms with Crippen molar-refractivity contribution in [3.8, 4) is 0 Å². The van der Waals surface area contributed by atoms with Crippen LogP contribution in [0.2, 0.25) is 0 Å². The molecular weight excluding hydrogens is 200 g/mol. The summed E-state index contributed by atoms with van der Waals surface area (Å²) in [5, 5.41) is 6.92. The number of hydrogen-bond donors (Lipinski definition) is 1. The number of H-pyrrole nitrogens is 1. The zero-order chi connectivity index (χ0) is 10.6. The van der Waals surface area contributed by atoms with Crippen molar-refractivity contribution < 1.29 is 4.74 Å². The van der Waals surface area contributed by atoms with E-state index in [1.165, 1.54) is 0 Å². The summed E-state index contributed by atoms with van der Waals surface area (Å²) in [4.78, 5) is 2.11. The quantitative estimate of drug-likeness (QED) is 0.744. The molecule has 0 saturated carbocycles. The van der Waals surface area contributed by atoms with E-state index in [4.69, 9.17) is 17.0 Å². The van der Waals surface area contributed by atoms with Gasteiger partial charge in [0.15, 0.2) is 4.77 Å². The summed E-state index contributed by atoms with van der Waals surface area (Å²) < 4.78 is 7.52. The largest absolute Gasteiger partial charge is 0.383 e. The number of aromatic nitrogens is 3. The molecule has 0 spiro atoms. The van der Waals surface area contributed by atoms with Crippen molar-refractivity contribution in [3.05, 3.63) is 4.77 Å². The smallest absolute Gasteiger partial charge is 0.225 e. The third-order valence-electron chi connectivity index (χ3n) is 2.09. The lowest BCUT2D eigenvalue weighted by Crippen LogP contribution is -2.29. The van der Waals surface area contributed by atoms with Crippen LogP contribution in [0.25, 0.3) is 0 Å². The fourth-order valence-electron chi connectivity index (χ4n) is 1.22. The van der Waals surface area contributed by atoms with Crippen LogP contribution < -0.4 is 4.90 Å². The molecule has 0 fully saturated rings. The van der Waals surface area contributed by atoms with E-state index in [0.717, 1.165) is 19.0 Å². The summed E-state index contributed by atoms with van der Waals surface area (Å²) in [6.07, 6.45) is 0. The minimum absolute atomic E-state index is 0.635. The summed E-state index contributed by atoms with van der Waals surface area (Å²) in [6.45, 7) is 4.47. The monoisotopic (exact) mass is 216 g/mol. The van der Waals surface area contributed by atoms with Gasteiger partial charge in [-0.25, -0.2) is 5.10 Å². The first kappa shape index (κ1) is 11.2. The first-order chi connectivity index (χ1) is 6.70. The zero-order valence-corrected chi connectivity index (χ0v) is 9.60. The highest BCUT2D eigenvalue weighted by atomic mass is 32.1. The van der Waals surface area contributed by atoms with Gasteiger partial charge in [0.05, 0.1) is 6.61 Å². The first-order valence-electron chi connectivity index (χ1n) is 4.56. The summed E-state index contributed by atoms with van der Waals surface area (Å²) in [5.74, 6) is 0.856. The molecule has 0 bridgehead atoms. The van der Waals surface area contributed by atoms with Crippen LogP contribution in [0.1, 0.15) is 6.92 Å². The van der Waals surface area contributed by atoms with Crippen molar-refractivity contribution in [2.45, 2.75) is 6.92 Å². The molecule has 14 heavy (non-hydrogen) atoms. The zero-order valence-electron chi connectivity index (χ0n) is 8.78. The topological polar surface area (TPSA) is 46.1 Å². The minimum Gasteiger partial charge on any atom is -0.383 e. The molecule has 5 nitrogen and oxygen atoms in total. The Bertz CT molecular complexity index is 332. The van der Waals surface area contributed by atoms with Crippen molar-refractivity contribution in [2.75, 3.05) is 31.7 Å². The van der Waals surface area contributed by atoms with Crippen LogP contribution in [0.5, 0.6) is 0 Å². The predicted molar refractivity (Wildman–Crippen MR) is 58.2 cm³/mol. The number of methoxy groups -OCH3 is 1. The fourth-order valence-corrected chi connectivity index (χ4v) is 1.35. The number of nitrogens with one attached hydrogen (secondary N) is 1. The lowest BCUT2D eigenvalue weighted by molar-refractivity contribution is 0.205. The maximum Gasteiger partial charge on any atom is 0.225 e. The number of anilines is 1. The molecule has 0 atom stereocenters. The van der Waals surface area contributed by atoms with Gasteiger partial charge < -0.3 is 9.64 Å². The van der Waals surface area contributed by atoms with Gasteiger partial charge in [0, 0.05) is 27.2 Å². The molecule has 0 aliphatic carbocycles. The van der Waals surface area contributed by atoms with Crippen molar-refractivity contribution in [1.82, 2.24) is 14.8 Å². The average Bonchev–Trinajstić information content (AvgIpc) is 2.51. The maximum atomic E-state index is 5.04. The Morgan fingerprint density at radius 3 is 2.79 bits per heavy atom. The van der Waals surface area contributed by atoms with E-state index in [0.29, 0.717) is 11.4 Å². The molecule has 1 rings (SSSR count). The van der Waals surface area contributed by atoms with Gasteiger partial charge in [0.1, 0.15) is 0 Å². The summed E-state index contributed by atoms with van der Waals surface area (Å²) in [6, 6.07) is 0. The lowest BCUT2D eigenvalue weighted by atomic mass is 10.5. The Hall–Kier alpha value is -0.880. The van der Waals surface area contributed by atoms with Crippen molar-refractivity contribution in [2.24, 2.45) is 7.05 Å². The second kappa shape index (κ2) is 5.11. The SMILES string of the molecule is CCN(CCOC)c1n[nH]c(=S)n1C. The summed E-state index contributed by atoms with van der Waals surface area (Å²) in [7, 11) is 3.59. The Morgan fingerprint density at radius 1 is 1.64 bits per heavy atom. The molecule has 0 radical (unpaired) electrons. The molecular formula is C8H16N4OS. The van der Waals surface area contributed by atoms with Gasteiger partial charge in [-0.05, 0) is 19.1 Å². The maximum absolute atomic E-state index is 5.04. The van der Waals surface area contributed by atoms with E-state index >= 15 is 0 Å². The highest BCUT2D eigenvalue weighted by molar-refractivity contribution is 7.71. The molecule has 0 amide bonds. The second-order valence-corrected chi connectivity index (χ2v) is 3.35. The first-order valence-corrected chi connectivity index (χ1v) is 4.96. The molecule has 6 heteroatoms. The molecule has 0 unspecified atom stereocenters. The third kappa shape index (κ3) is 2.33. The Balaban J connectivity index is 2.78.